The topological polar surface area (TPSA) is 29.5 Å². The summed E-state index contributed by atoms with van der Waals surface area (Å²) in [5.41, 5.74) is 1.74. The van der Waals surface area contributed by atoms with Crippen LogP contribution in [0.15, 0.2) is 18.2 Å². The number of hydrogen-bond donors (Lipinski definition) is 0. The highest BCUT2D eigenvalue weighted by atomic mass is 16.5. The smallest absolute Gasteiger partial charge is 0.165 e. The number of carbonyl (C=O) groups is 1. The second-order valence-corrected chi connectivity index (χ2v) is 4.95. The maximum Gasteiger partial charge on any atom is 0.165 e. The molecule has 3 heteroatoms. The van der Waals surface area contributed by atoms with Crippen molar-refractivity contribution in [3.8, 4) is 5.75 Å². The van der Waals surface area contributed by atoms with E-state index in [1.807, 2.05) is 18.2 Å². The van der Waals surface area contributed by atoms with Gasteiger partial charge in [0.25, 0.3) is 0 Å². The van der Waals surface area contributed by atoms with Crippen LogP contribution >= 0.6 is 0 Å². The monoisotopic (exact) mass is 247 g/mol. The number of ether oxygens (including phenoxy) is 1. The third-order valence-electron chi connectivity index (χ3n) is 3.69. The van der Waals surface area contributed by atoms with Crippen molar-refractivity contribution in [3.05, 3.63) is 23.8 Å². The van der Waals surface area contributed by atoms with Crippen LogP contribution in [0.1, 0.15) is 43.5 Å². The predicted molar refractivity (Wildman–Crippen MR) is 73.7 cm³/mol. The van der Waals surface area contributed by atoms with Gasteiger partial charge >= 0.3 is 0 Å². The van der Waals surface area contributed by atoms with Gasteiger partial charge in [0.15, 0.2) is 5.78 Å². The zero-order chi connectivity index (χ0) is 13.1. The number of anilines is 1. The molecule has 1 aliphatic rings. The summed E-state index contributed by atoms with van der Waals surface area (Å²) in [6.45, 7) is 4.85. The molecule has 1 aromatic carbocycles. The van der Waals surface area contributed by atoms with E-state index in [2.05, 4.69) is 11.8 Å². The Morgan fingerprint density at radius 1 is 1.39 bits per heavy atom. The normalized spacial score (nSPS) is 19.7. The minimum absolute atomic E-state index is 0.0697. The van der Waals surface area contributed by atoms with Gasteiger partial charge in [0.2, 0.25) is 0 Å². The number of piperidine rings is 1. The lowest BCUT2D eigenvalue weighted by molar-refractivity contribution is 0.101. The van der Waals surface area contributed by atoms with E-state index in [0.29, 0.717) is 17.4 Å². The molecule has 2 rings (SSSR count). The Labute approximate surface area is 109 Å². The minimum atomic E-state index is 0.0697. The fourth-order valence-electron chi connectivity index (χ4n) is 2.74. The SMILES string of the molecule is COc1cccc(N2CCCCC2C)c1C(C)=O. The number of methoxy groups -OCH3 is 1. The second-order valence-electron chi connectivity index (χ2n) is 4.95. The maximum absolute atomic E-state index is 11.9. The van der Waals surface area contributed by atoms with Crippen molar-refractivity contribution in [1.29, 1.82) is 0 Å². The van der Waals surface area contributed by atoms with E-state index >= 15 is 0 Å². The van der Waals surface area contributed by atoms with Crippen LogP contribution in [0.25, 0.3) is 0 Å². The molecule has 1 fully saturated rings. The van der Waals surface area contributed by atoms with Crippen LogP contribution < -0.4 is 9.64 Å². The first-order valence-electron chi connectivity index (χ1n) is 6.59. The molecule has 0 radical (unpaired) electrons. The zero-order valence-electron chi connectivity index (χ0n) is 11.4. The van der Waals surface area contributed by atoms with Crippen LogP contribution in [0, 0.1) is 0 Å². The van der Waals surface area contributed by atoms with Gasteiger partial charge in [0, 0.05) is 12.6 Å². The Kier molecular flexibility index (Phi) is 3.90. The molecular weight excluding hydrogens is 226 g/mol. The number of hydrogen-bond acceptors (Lipinski definition) is 3. The van der Waals surface area contributed by atoms with Gasteiger partial charge < -0.3 is 9.64 Å². The number of rotatable bonds is 3. The van der Waals surface area contributed by atoms with Crippen molar-refractivity contribution in [2.45, 2.75) is 39.2 Å². The lowest BCUT2D eigenvalue weighted by Gasteiger charge is -2.36. The molecule has 0 bridgehead atoms. The first-order valence-corrected chi connectivity index (χ1v) is 6.59. The summed E-state index contributed by atoms with van der Waals surface area (Å²) >= 11 is 0. The Bertz CT molecular complexity index is 442. The summed E-state index contributed by atoms with van der Waals surface area (Å²) in [6, 6.07) is 6.33. The summed E-state index contributed by atoms with van der Waals surface area (Å²) in [7, 11) is 1.62. The molecule has 1 aromatic rings. The third kappa shape index (κ3) is 2.35. The molecule has 1 unspecified atom stereocenters. The number of ketones is 1. The van der Waals surface area contributed by atoms with Gasteiger partial charge in [0.05, 0.1) is 18.4 Å². The third-order valence-corrected chi connectivity index (χ3v) is 3.69. The summed E-state index contributed by atoms with van der Waals surface area (Å²) < 4.78 is 5.33. The first kappa shape index (κ1) is 12.9. The standard InChI is InChI=1S/C15H21NO2/c1-11-7-4-5-10-16(11)13-8-6-9-14(18-3)15(13)12(2)17/h6,8-9,11H,4-5,7,10H2,1-3H3. The Morgan fingerprint density at radius 2 is 2.17 bits per heavy atom. The molecule has 0 aromatic heterocycles. The Balaban J connectivity index is 2.45. The molecule has 1 atom stereocenters. The molecule has 3 nitrogen and oxygen atoms in total. The second kappa shape index (κ2) is 5.42. The van der Waals surface area contributed by atoms with Crippen molar-refractivity contribution < 1.29 is 9.53 Å². The predicted octanol–water partition coefficient (Wildman–Crippen LogP) is 3.28. The van der Waals surface area contributed by atoms with Crippen molar-refractivity contribution >= 4 is 11.5 Å². The largest absolute Gasteiger partial charge is 0.496 e. The van der Waals surface area contributed by atoms with Gasteiger partial charge in [-0.15, -0.1) is 0 Å². The van der Waals surface area contributed by atoms with Crippen molar-refractivity contribution in [2.24, 2.45) is 0 Å². The molecule has 0 spiro atoms. The lowest BCUT2D eigenvalue weighted by Crippen LogP contribution is -2.38. The molecule has 0 amide bonds. The number of nitrogens with zero attached hydrogens (tertiary/aromatic N) is 1. The molecule has 98 valence electrons. The Morgan fingerprint density at radius 3 is 2.78 bits per heavy atom. The van der Waals surface area contributed by atoms with E-state index in [9.17, 15) is 4.79 Å². The lowest BCUT2D eigenvalue weighted by atomic mass is 9.99. The average Bonchev–Trinajstić information content (AvgIpc) is 2.38. The van der Waals surface area contributed by atoms with Crippen LogP contribution in [0.2, 0.25) is 0 Å². The van der Waals surface area contributed by atoms with Gasteiger partial charge in [-0.3, -0.25) is 4.79 Å². The highest BCUT2D eigenvalue weighted by Crippen LogP contribution is 2.33. The van der Waals surface area contributed by atoms with Crippen LogP contribution in [0.4, 0.5) is 5.69 Å². The number of carbonyl (C=O) groups excluding carboxylic acids is 1. The van der Waals surface area contributed by atoms with Crippen molar-refractivity contribution in [2.75, 3.05) is 18.6 Å². The van der Waals surface area contributed by atoms with Gasteiger partial charge in [-0.25, -0.2) is 0 Å². The van der Waals surface area contributed by atoms with Gasteiger partial charge in [-0.2, -0.15) is 0 Å². The average molecular weight is 247 g/mol. The Hall–Kier alpha value is -1.51. The summed E-state index contributed by atoms with van der Waals surface area (Å²) in [6.07, 6.45) is 3.66. The van der Waals surface area contributed by atoms with E-state index in [4.69, 9.17) is 4.74 Å². The van der Waals surface area contributed by atoms with E-state index in [-0.39, 0.29) is 5.78 Å². The van der Waals surface area contributed by atoms with Gasteiger partial charge in [-0.1, -0.05) is 6.07 Å². The van der Waals surface area contributed by atoms with E-state index in [1.54, 1.807) is 14.0 Å². The molecule has 0 aliphatic carbocycles. The summed E-state index contributed by atoms with van der Waals surface area (Å²) in [5.74, 6) is 0.748. The van der Waals surface area contributed by atoms with Crippen LogP contribution in [0.5, 0.6) is 5.75 Å². The quantitative estimate of drug-likeness (QED) is 0.768. The summed E-state index contributed by atoms with van der Waals surface area (Å²) in [5, 5.41) is 0. The molecule has 0 saturated carbocycles. The first-order chi connectivity index (χ1) is 8.65. The molecular formula is C15H21NO2. The van der Waals surface area contributed by atoms with Crippen LogP contribution in [-0.4, -0.2) is 25.5 Å². The highest BCUT2D eigenvalue weighted by Gasteiger charge is 2.24. The fourth-order valence-corrected chi connectivity index (χ4v) is 2.74. The maximum atomic E-state index is 11.9. The number of benzene rings is 1. The highest BCUT2D eigenvalue weighted by molar-refractivity contribution is 6.02. The van der Waals surface area contributed by atoms with Crippen molar-refractivity contribution in [1.82, 2.24) is 0 Å². The minimum Gasteiger partial charge on any atom is -0.496 e. The van der Waals surface area contributed by atoms with Crippen LogP contribution in [-0.2, 0) is 0 Å². The van der Waals surface area contributed by atoms with E-state index in [0.717, 1.165) is 12.2 Å². The van der Waals surface area contributed by atoms with E-state index in [1.165, 1.54) is 19.3 Å². The van der Waals surface area contributed by atoms with Crippen molar-refractivity contribution in [3.63, 3.8) is 0 Å². The molecule has 18 heavy (non-hydrogen) atoms. The summed E-state index contributed by atoms with van der Waals surface area (Å²) in [4.78, 5) is 14.2. The van der Waals surface area contributed by atoms with Crippen LogP contribution in [0.3, 0.4) is 0 Å². The molecule has 1 heterocycles. The molecule has 0 N–H and O–H groups in total. The van der Waals surface area contributed by atoms with E-state index < -0.39 is 0 Å². The van der Waals surface area contributed by atoms with Gasteiger partial charge in [0.1, 0.15) is 5.75 Å². The fraction of sp³-hybridized carbons (Fsp3) is 0.533. The van der Waals surface area contributed by atoms with Gasteiger partial charge in [-0.05, 0) is 45.2 Å². The zero-order valence-corrected chi connectivity index (χ0v) is 11.4. The molecule has 1 saturated heterocycles. The molecule has 1 aliphatic heterocycles. The number of Topliss-reactive ketones (excluding diaryl/α,β-unsaturated/α-hetero) is 1.